The Hall–Kier alpha value is -2.78. The minimum Gasteiger partial charge on any atom is -0.439 e. The number of ether oxygens (including phenoxy) is 1. The van der Waals surface area contributed by atoms with Crippen LogP contribution >= 0.6 is 11.8 Å². The maximum atomic E-state index is 6.09. The van der Waals surface area contributed by atoms with E-state index in [-0.39, 0.29) is 0 Å². The summed E-state index contributed by atoms with van der Waals surface area (Å²) in [6.07, 6.45) is 0. The van der Waals surface area contributed by atoms with Gasteiger partial charge >= 0.3 is 0 Å². The summed E-state index contributed by atoms with van der Waals surface area (Å²) in [6, 6.07) is 28.1. The van der Waals surface area contributed by atoms with Crippen LogP contribution in [0.25, 0.3) is 0 Å². The minimum absolute atomic E-state index is 0.600. The molecule has 0 heterocycles. The zero-order valence-electron chi connectivity index (χ0n) is 14.9. The third-order valence-electron chi connectivity index (χ3n) is 3.67. The molecule has 0 radical (unpaired) electrons. The molecule has 0 N–H and O–H groups in total. The van der Waals surface area contributed by atoms with Gasteiger partial charge in [-0.25, -0.2) is 4.99 Å². The molecule has 0 saturated carbocycles. The van der Waals surface area contributed by atoms with Gasteiger partial charge in [0.25, 0.3) is 0 Å². The van der Waals surface area contributed by atoms with E-state index in [9.17, 15) is 0 Å². The summed E-state index contributed by atoms with van der Waals surface area (Å²) in [5, 5.41) is 2.07. The van der Waals surface area contributed by atoms with Crippen molar-refractivity contribution in [3.05, 3.63) is 101 Å². The van der Waals surface area contributed by atoms with Crippen LogP contribution in [0, 0.1) is 6.92 Å². The van der Waals surface area contributed by atoms with E-state index in [1.165, 1.54) is 10.5 Å². The Balaban J connectivity index is 1.86. The number of para-hydroxylation sites is 1. The van der Waals surface area contributed by atoms with Crippen molar-refractivity contribution in [1.29, 1.82) is 0 Å². The second-order valence-corrected chi connectivity index (χ2v) is 6.84. The quantitative estimate of drug-likeness (QED) is 0.284. The van der Waals surface area contributed by atoms with Crippen LogP contribution in [0.15, 0.2) is 106 Å². The van der Waals surface area contributed by atoms with Gasteiger partial charge in [-0.1, -0.05) is 65.9 Å². The van der Waals surface area contributed by atoms with Gasteiger partial charge in [0.1, 0.15) is 5.75 Å². The summed E-state index contributed by atoms with van der Waals surface area (Å²) < 4.78 is 6.09. The number of hydrogen-bond acceptors (Lipinski definition) is 3. The molecular weight excluding hydrogens is 338 g/mol. The number of nitrogens with zero attached hydrogens (tertiary/aromatic N) is 1. The first-order chi connectivity index (χ1) is 12.7. The van der Waals surface area contributed by atoms with Crippen molar-refractivity contribution >= 4 is 23.3 Å². The van der Waals surface area contributed by atoms with Crippen molar-refractivity contribution in [2.45, 2.75) is 18.7 Å². The number of benzene rings is 3. The average molecular weight is 359 g/mol. The van der Waals surface area contributed by atoms with Crippen LogP contribution in [-0.4, -0.2) is 5.90 Å². The lowest BCUT2D eigenvalue weighted by Crippen LogP contribution is -2.09. The van der Waals surface area contributed by atoms with Crippen LogP contribution in [0.1, 0.15) is 12.5 Å². The summed E-state index contributed by atoms with van der Waals surface area (Å²) in [5.74, 6) is 1.38. The van der Waals surface area contributed by atoms with Crippen LogP contribution in [0.2, 0.25) is 0 Å². The topological polar surface area (TPSA) is 21.6 Å². The first kappa shape index (κ1) is 18.0. The predicted molar refractivity (Wildman–Crippen MR) is 111 cm³/mol. The van der Waals surface area contributed by atoms with Crippen LogP contribution in [0.4, 0.5) is 5.69 Å². The molecule has 0 aliphatic heterocycles. The van der Waals surface area contributed by atoms with Gasteiger partial charge in [-0.05, 0) is 55.7 Å². The second kappa shape index (κ2) is 9.07. The van der Waals surface area contributed by atoms with Crippen molar-refractivity contribution in [2.75, 3.05) is 0 Å². The van der Waals surface area contributed by atoms with E-state index >= 15 is 0 Å². The normalized spacial score (nSPS) is 12.1. The highest BCUT2D eigenvalue weighted by Gasteiger charge is 2.07. The van der Waals surface area contributed by atoms with Crippen molar-refractivity contribution in [2.24, 2.45) is 4.99 Å². The number of rotatable bonds is 5. The van der Waals surface area contributed by atoms with Gasteiger partial charge < -0.3 is 4.74 Å². The molecule has 26 heavy (non-hydrogen) atoms. The van der Waals surface area contributed by atoms with E-state index in [0.717, 1.165) is 17.0 Å². The number of hydrogen-bond donors (Lipinski definition) is 0. The second-order valence-electron chi connectivity index (χ2n) is 5.90. The fourth-order valence-electron chi connectivity index (χ4n) is 2.24. The van der Waals surface area contributed by atoms with Crippen molar-refractivity contribution < 1.29 is 4.74 Å². The van der Waals surface area contributed by atoms with Crippen molar-refractivity contribution in [3.8, 4) is 5.75 Å². The number of aliphatic imine (C=N–C) groups is 1. The molecule has 130 valence electrons. The fourth-order valence-corrected chi connectivity index (χ4v) is 2.96. The van der Waals surface area contributed by atoms with Gasteiger partial charge in [0, 0.05) is 10.5 Å². The Labute approximate surface area is 159 Å². The van der Waals surface area contributed by atoms with E-state index < -0.39 is 0 Å². The first-order valence-electron chi connectivity index (χ1n) is 8.48. The summed E-state index contributed by atoms with van der Waals surface area (Å²) in [4.78, 5) is 5.88. The lowest BCUT2D eigenvalue weighted by molar-refractivity contribution is 0.551. The Morgan fingerprint density at radius 2 is 1.46 bits per heavy atom. The van der Waals surface area contributed by atoms with E-state index in [1.807, 2.05) is 79.7 Å². The maximum Gasteiger partial charge on any atom is 0.223 e. The molecule has 0 saturated heterocycles. The van der Waals surface area contributed by atoms with E-state index in [2.05, 4.69) is 24.5 Å². The molecule has 0 fully saturated rings. The summed E-state index contributed by atoms with van der Waals surface area (Å²) in [5.41, 5.74) is 3.04. The summed E-state index contributed by atoms with van der Waals surface area (Å²) in [6.45, 7) is 4.08. The zero-order valence-corrected chi connectivity index (χ0v) is 15.7. The maximum absolute atomic E-state index is 6.09. The molecule has 0 aliphatic carbocycles. The van der Waals surface area contributed by atoms with E-state index in [0.29, 0.717) is 5.90 Å². The minimum atomic E-state index is 0.600. The summed E-state index contributed by atoms with van der Waals surface area (Å²) >= 11 is 1.66. The molecule has 3 heteroatoms. The van der Waals surface area contributed by atoms with Crippen LogP contribution in [0.3, 0.4) is 0 Å². The highest BCUT2D eigenvalue weighted by molar-refractivity contribution is 8.02. The largest absolute Gasteiger partial charge is 0.439 e. The molecule has 0 spiro atoms. The highest BCUT2D eigenvalue weighted by Crippen LogP contribution is 2.23. The monoisotopic (exact) mass is 359 g/mol. The third-order valence-corrected chi connectivity index (χ3v) is 4.69. The highest BCUT2D eigenvalue weighted by atomic mass is 32.2. The number of thioether (sulfide) groups is 1. The van der Waals surface area contributed by atoms with Crippen molar-refractivity contribution in [3.63, 3.8) is 0 Å². The number of aryl methyl sites for hydroxylation is 1. The molecule has 0 bridgehead atoms. The van der Waals surface area contributed by atoms with Crippen molar-refractivity contribution in [1.82, 2.24) is 0 Å². The smallest absolute Gasteiger partial charge is 0.223 e. The van der Waals surface area contributed by atoms with Gasteiger partial charge in [-0.3, -0.25) is 0 Å². The molecule has 0 atom stereocenters. The van der Waals surface area contributed by atoms with Gasteiger partial charge in [0.2, 0.25) is 5.90 Å². The Morgan fingerprint density at radius 1 is 0.846 bits per heavy atom. The van der Waals surface area contributed by atoms with Gasteiger partial charge in [-0.2, -0.15) is 0 Å². The first-order valence-corrected chi connectivity index (χ1v) is 9.36. The average Bonchev–Trinajstić information content (AvgIpc) is 2.69. The molecule has 3 rings (SSSR count). The Morgan fingerprint density at radius 3 is 2.12 bits per heavy atom. The Bertz CT molecular complexity index is 885. The lowest BCUT2D eigenvalue weighted by Gasteiger charge is -2.10. The third kappa shape index (κ3) is 5.36. The van der Waals surface area contributed by atoms with Crippen LogP contribution in [-0.2, 0) is 0 Å². The molecule has 0 unspecified atom stereocenters. The van der Waals surface area contributed by atoms with E-state index in [1.54, 1.807) is 11.8 Å². The SMILES string of the molecule is CC(=C\Sc1ccccc1)/C(=N/c1ccccc1)Oc1ccc(C)cc1. The van der Waals surface area contributed by atoms with Gasteiger partial charge in [0.15, 0.2) is 0 Å². The molecule has 3 aromatic carbocycles. The molecule has 2 nitrogen and oxygen atoms in total. The van der Waals surface area contributed by atoms with Crippen LogP contribution in [0.5, 0.6) is 5.75 Å². The zero-order chi connectivity index (χ0) is 18.2. The molecular formula is C23H21NOS. The molecule has 3 aromatic rings. The standard InChI is InChI=1S/C23H21NOS/c1-18-13-15-21(16-14-18)25-23(24-20-9-5-3-6-10-20)19(2)17-26-22-11-7-4-8-12-22/h3-17H,1-2H3/b19-17+,24-23-. The molecule has 0 aromatic heterocycles. The van der Waals surface area contributed by atoms with Crippen LogP contribution < -0.4 is 4.74 Å². The van der Waals surface area contributed by atoms with Gasteiger partial charge in [0.05, 0.1) is 5.69 Å². The van der Waals surface area contributed by atoms with E-state index in [4.69, 9.17) is 9.73 Å². The predicted octanol–water partition coefficient (Wildman–Crippen LogP) is 6.80. The fraction of sp³-hybridized carbons (Fsp3) is 0.0870. The summed E-state index contributed by atoms with van der Waals surface area (Å²) in [7, 11) is 0. The molecule has 0 aliphatic rings. The van der Waals surface area contributed by atoms with Gasteiger partial charge in [-0.15, -0.1) is 0 Å². The lowest BCUT2D eigenvalue weighted by atomic mass is 10.2. The Kier molecular flexibility index (Phi) is 6.29. The molecule has 0 amide bonds.